The Morgan fingerprint density at radius 2 is 2.06 bits per heavy atom. The Hall–Kier alpha value is -1.88. The monoisotopic (exact) mass is 247 g/mol. The van der Waals surface area contributed by atoms with E-state index in [1.54, 1.807) is 24.0 Å². The minimum Gasteiger partial charge on any atom is -0.325 e. The summed E-state index contributed by atoms with van der Waals surface area (Å²) in [5, 5.41) is 2.70. The first-order valence-corrected chi connectivity index (χ1v) is 6.05. The SMILES string of the molecule is CC(N)C(=O)Nc1ccc(N2CCCC2=O)cc1. The summed E-state index contributed by atoms with van der Waals surface area (Å²) in [5.74, 6) is -0.0673. The van der Waals surface area contributed by atoms with Crippen LogP contribution in [0.1, 0.15) is 19.8 Å². The van der Waals surface area contributed by atoms with E-state index in [2.05, 4.69) is 5.32 Å². The smallest absolute Gasteiger partial charge is 0.240 e. The second-order valence-electron chi connectivity index (χ2n) is 4.47. The van der Waals surface area contributed by atoms with Gasteiger partial charge in [-0.15, -0.1) is 0 Å². The number of nitrogens with zero attached hydrogens (tertiary/aromatic N) is 1. The number of carbonyl (C=O) groups excluding carboxylic acids is 2. The average Bonchev–Trinajstić information content (AvgIpc) is 2.76. The van der Waals surface area contributed by atoms with Crippen LogP contribution in [-0.2, 0) is 9.59 Å². The van der Waals surface area contributed by atoms with Crippen LogP contribution in [0.5, 0.6) is 0 Å². The van der Waals surface area contributed by atoms with Crippen LogP contribution in [0.15, 0.2) is 24.3 Å². The first-order valence-electron chi connectivity index (χ1n) is 6.05. The Labute approximate surface area is 106 Å². The highest BCUT2D eigenvalue weighted by Crippen LogP contribution is 2.22. The molecule has 1 aliphatic heterocycles. The molecule has 2 rings (SSSR count). The molecule has 18 heavy (non-hydrogen) atoms. The van der Waals surface area contributed by atoms with Crippen molar-refractivity contribution in [2.75, 3.05) is 16.8 Å². The Bertz CT molecular complexity index is 454. The van der Waals surface area contributed by atoms with Gasteiger partial charge in [-0.2, -0.15) is 0 Å². The molecule has 0 aromatic heterocycles. The third kappa shape index (κ3) is 2.68. The van der Waals surface area contributed by atoms with Crippen molar-refractivity contribution in [1.29, 1.82) is 0 Å². The van der Waals surface area contributed by atoms with Gasteiger partial charge >= 0.3 is 0 Å². The van der Waals surface area contributed by atoms with Gasteiger partial charge in [-0.3, -0.25) is 9.59 Å². The number of rotatable bonds is 3. The molecule has 0 aliphatic carbocycles. The lowest BCUT2D eigenvalue weighted by molar-refractivity contribution is -0.117. The van der Waals surface area contributed by atoms with E-state index < -0.39 is 6.04 Å². The Morgan fingerprint density at radius 3 is 2.56 bits per heavy atom. The van der Waals surface area contributed by atoms with Crippen LogP contribution in [0.2, 0.25) is 0 Å². The molecule has 2 amide bonds. The van der Waals surface area contributed by atoms with Gasteiger partial charge in [-0.05, 0) is 37.6 Å². The van der Waals surface area contributed by atoms with Crippen LogP contribution in [0.4, 0.5) is 11.4 Å². The predicted octanol–water partition coefficient (Wildman–Crippen LogP) is 1.10. The summed E-state index contributed by atoms with van der Waals surface area (Å²) < 4.78 is 0. The Balaban J connectivity index is 2.06. The lowest BCUT2D eigenvalue weighted by Gasteiger charge is -2.16. The fourth-order valence-electron chi connectivity index (χ4n) is 1.90. The molecule has 5 heteroatoms. The summed E-state index contributed by atoms with van der Waals surface area (Å²) in [6.07, 6.45) is 1.52. The van der Waals surface area contributed by atoms with E-state index in [-0.39, 0.29) is 11.8 Å². The number of hydrogen-bond acceptors (Lipinski definition) is 3. The number of hydrogen-bond donors (Lipinski definition) is 2. The number of nitrogens with two attached hydrogens (primary N) is 1. The summed E-state index contributed by atoms with van der Waals surface area (Å²) >= 11 is 0. The van der Waals surface area contributed by atoms with Gasteiger partial charge < -0.3 is 16.0 Å². The molecule has 5 nitrogen and oxygen atoms in total. The fourth-order valence-corrected chi connectivity index (χ4v) is 1.90. The summed E-state index contributed by atoms with van der Waals surface area (Å²) in [4.78, 5) is 24.7. The van der Waals surface area contributed by atoms with Crippen molar-refractivity contribution in [2.45, 2.75) is 25.8 Å². The van der Waals surface area contributed by atoms with Crippen LogP contribution in [0, 0.1) is 0 Å². The lowest BCUT2D eigenvalue weighted by atomic mass is 10.2. The van der Waals surface area contributed by atoms with Crippen molar-refractivity contribution < 1.29 is 9.59 Å². The molecule has 3 N–H and O–H groups in total. The molecule has 1 unspecified atom stereocenters. The second kappa shape index (κ2) is 5.18. The molecular weight excluding hydrogens is 230 g/mol. The van der Waals surface area contributed by atoms with Gasteiger partial charge in [0.15, 0.2) is 0 Å². The van der Waals surface area contributed by atoms with Gasteiger partial charge in [0.1, 0.15) is 0 Å². The molecule has 1 aromatic rings. The molecule has 1 aliphatic rings. The summed E-state index contributed by atoms with van der Waals surface area (Å²) in [5.41, 5.74) is 7.03. The zero-order valence-electron chi connectivity index (χ0n) is 10.3. The van der Waals surface area contributed by atoms with Crippen LogP contribution < -0.4 is 16.0 Å². The highest BCUT2D eigenvalue weighted by atomic mass is 16.2. The van der Waals surface area contributed by atoms with E-state index in [1.807, 2.05) is 12.1 Å². The molecule has 0 bridgehead atoms. The molecule has 96 valence electrons. The molecule has 0 spiro atoms. The summed E-state index contributed by atoms with van der Waals surface area (Å²) in [6.45, 7) is 2.40. The molecule has 1 fully saturated rings. The van der Waals surface area contributed by atoms with Gasteiger partial charge in [-0.1, -0.05) is 0 Å². The van der Waals surface area contributed by atoms with Crippen LogP contribution in [0.25, 0.3) is 0 Å². The highest BCUT2D eigenvalue weighted by Gasteiger charge is 2.21. The molecule has 0 radical (unpaired) electrons. The maximum atomic E-state index is 11.6. The molecule has 1 atom stereocenters. The van der Waals surface area contributed by atoms with Crippen LogP contribution >= 0.6 is 0 Å². The van der Waals surface area contributed by atoms with Gasteiger partial charge in [0, 0.05) is 24.3 Å². The van der Waals surface area contributed by atoms with Crippen molar-refractivity contribution in [3.8, 4) is 0 Å². The zero-order chi connectivity index (χ0) is 13.1. The van der Waals surface area contributed by atoms with Crippen LogP contribution in [-0.4, -0.2) is 24.4 Å². The zero-order valence-corrected chi connectivity index (χ0v) is 10.3. The van der Waals surface area contributed by atoms with E-state index in [9.17, 15) is 9.59 Å². The number of benzene rings is 1. The van der Waals surface area contributed by atoms with E-state index >= 15 is 0 Å². The topological polar surface area (TPSA) is 75.4 Å². The van der Waals surface area contributed by atoms with Crippen molar-refractivity contribution in [1.82, 2.24) is 0 Å². The molecule has 0 saturated carbocycles. The number of nitrogens with one attached hydrogen (secondary N) is 1. The third-order valence-corrected chi connectivity index (χ3v) is 2.93. The predicted molar refractivity (Wildman–Crippen MR) is 70.3 cm³/mol. The minimum atomic E-state index is -0.537. The van der Waals surface area contributed by atoms with Gasteiger partial charge in [0.2, 0.25) is 11.8 Å². The fraction of sp³-hybridized carbons (Fsp3) is 0.385. The van der Waals surface area contributed by atoms with Gasteiger partial charge in [0.05, 0.1) is 6.04 Å². The summed E-state index contributed by atoms with van der Waals surface area (Å²) in [6, 6.07) is 6.69. The van der Waals surface area contributed by atoms with Gasteiger partial charge in [0.25, 0.3) is 0 Å². The standard InChI is InChI=1S/C13H17N3O2/c1-9(14)13(18)15-10-4-6-11(7-5-10)16-8-2-3-12(16)17/h4-7,9H,2-3,8,14H2,1H3,(H,15,18). The average molecular weight is 247 g/mol. The van der Waals surface area contributed by atoms with Crippen molar-refractivity contribution in [3.63, 3.8) is 0 Å². The third-order valence-electron chi connectivity index (χ3n) is 2.93. The number of amides is 2. The highest BCUT2D eigenvalue weighted by molar-refractivity contribution is 5.96. The first kappa shape index (κ1) is 12.6. The largest absolute Gasteiger partial charge is 0.325 e. The van der Waals surface area contributed by atoms with E-state index in [0.29, 0.717) is 12.1 Å². The Morgan fingerprint density at radius 1 is 1.39 bits per heavy atom. The van der Waals surface area contributed by atoms with Crippen LogP contribution in [0.3, 0.4) is 0 Å². The van der Waals surface area contributed by atoms with E-state index in [0.717, 1.165) is 18.7 Å². The quantitative estimate of drug-likeness (QED) is 0.839. The normalized spacial score (nSPS) is 16.8. The van der Waals surface area contributed by atoms with Crippen molar-refractivity contribution >= 4 is 23.2 Å². The molecule has 1 saturated heterocycles. The number of anilines is 2. The lowest BCUT2D eigenvalue weighted by Crippen LogP contribution is -2.32. The second-order valence-corrected chi connectivity index (χ2v) is 4.47. The van der Waals surface area contributed by atoms with Crippen molar-refractivity contribution in [3.05, 3.63) is 24.3 Å². The molecular formula is C13H17N3O2. The first-order chi connectivity index (χ1) is 8.58. The summed E-state index contributed by atoms with van der Waals surface area (Å²) in [7, 11) is 0. The van der Waals surface area contributed by atoms with E-state index in [1.165, 1.54) is 0 Å². The molecule has 1 heterocycles. The Kier molecular flexibility index (Phi) is 3.62. The van der Waals surface area contributed by atoms with Gasteiger partial charge in [-0.25, -0.2) is 0 Å². The maximum Gasteiger partial charge on any atom is 0.240 e. The van der Waals surface area contributed by atoms with E-state index in [4.69, 9.17) is 5.73 Å². The maximum absolute atomic E-state index is 11.6. The van der Waals surface area contributed by atoms with Crippen molar-refractivity contribution in [2.24, 2.45) is 5.73 Å². The molecule has 1 aromatic carbocycles. The number of carbonyl (C=O) groups is 2. The minimum absolute atomic E-state index is 0.155.